The summed E-state index contributed by atoms with van der Waals surface area (Å²) in [5.41, 5.74) is 2.74. The normalized spacial score (nSPS) is 18.6. The molecule has 1 aromatic heterocycles. The monoisotopic (exact) mass is 299 g/mol. The van der Waals surface area contributed by atoms with E-state index in [-0.39, 0.29) is 24.1 Å². The number of nitrogens with one attached hydrogen (secondary N) is 2. The van der Waals surface area contributed by atoms with Crippen molar-refractivity contribution in [1.29, 1.82) is 0 Å². The molecule has 1 atom stereocenters. The van der Waals surface area contributed by atoms with Gasteiger partial charge in [-0.3, -0.25) is 9.59 Å². The van der Waals surface area contributed by atoms with Crippen LogP contribution in [0.15, 0.2) is 0 Å². The third-order valence-corrected chi connectivity index (χ3v) is 3.66. The maximum absolute atomic E-state index is 12.5. The fourth-order valence-corrected chi connectivity index (χ4v) is 2.77. The molecule has 0 radical (unpaired) electrons. The van der Waals surface area contributed by atoms with Crippen LogP contribution in [0, 0.1) is 13.8 Å². The highest BCUT2D eigenvalue weighted by Gasteiger charge is 2.26. The minimum Gasteiger partial charge on any atom is -0.354 e. The van der Waals surface area contributed by atoms with E-state index in [4.69, 9.17) is 0 Å². The number of hydrogen-bond donors (Lipinski definition) is 2. The average molecular weight is 300 g/mol. The molecule has 6 heteroatoms. The third-order valence-electron chi connectivity index (χ3n) is 3.66. The lowest BCUT2D eigenvalue weighted by molar-refractivity contribution is 0.0703. The van der Waals surface area contributed by atoms with Crippen molar-refractivity contribution in [3.63, 3.8) is 0 Å². The number of rotatable bonds is 2. The molecule has 2 N–H and O–H groups in total. The van der Waals surface area contributed by atoms with Crippen molar-refractivity contribution in [1.82, 2.24) is 15.2 Å². The predicted octanol–water partition coefficient (Wildman–Crippen LogP) is 1.69. The second kappa shape index (κ2) is 6.41. The van der Waals surface area contributed by atoms with Crippen molar-refractivity contribution >= 4 is 24.1 Å². The topological polar surface area (TPSA) is 65.2 Å². The molecule has 0 spiro atoms. The van der Waals surface area contributed by atoms with E-state index in [0.29, 0.717) is 30.4 Å². The van der Waals surface area contributed by atoms with E-state index in [0.717, 1.165) is 17.8 Å². The second-order valence-corrected chi connectivity index (χ2v) is 5.29. The Hall–Kier alpha value is -1.33. The van der Waals surface area contributed by atoms with Gasteiger partial charge in [0.2, 0.25) is 0 Å². The number of Topliss-reactive ketones (excluding diaryl/α,β-unsaturated/α-hetero) is 1. The summed E-state index contributed by atoms with van der Waals surface area (Å²) in [6.45, 7) is 9.48. The molecular weight excluding hydrogens is 278 g/mol. The molecule has 0 aliphatic carbocycles. The number of H-pyrrole nitrogens is 1. The summed E-state index contributed by atoms with van der Waals surface area (Å²) in [5, 5.41) is 3.31. The maximum atomic E-state index is 12.5. The molecule has 1 amide bonds. The number of carbonyl (C=O) groups excluding carboxylic acids is 2. The Morgan fingerprint density at radius 2 is 1.95 bits per heavy atom. The van der Waals surface area contributed by atoms with Crippen molar-refractivity contribution in [3.8, 4) is 0 Å². The first-order chi connectivity index (χ1) is 8.91. The number of aromatic nitrogens is 1. The molecule has 2 rings (SSSR count). The highest BCUT2D eigenvalue weighted by molar-refractivity contribution is 6.02. The smallest absolute Gasteiger partial charge is 0.270 e. The standard InChI is InChI=1S/C14H21N3O2.ClH/c1-8-7-17(6-5-15-8)14(19)13-9(2)12(11(4)18)10(3)16-13;/h8,15-16H,5-7H2,1-4H3;1H. The molecule has 1 fully saturated rings. The van der Waals surface area contributed by atoms with Crippen molar-refractivity contribution in [3.05, 3.63) is 22.5 Å². The summed E-state index contributed by atoms with van der Waals surface area (Å²) >= 11 is 0. The number of nitrogens with zero attached hydrogens (tertiary/aromatic N) is 1. The summed E-state index contributed by atoms with van der Waals surface area (Å²) in [4.78, 5) is 29.0. The second-order valence-electron chi connectivity index (χ2n) is 5.29. The van der Waals surface area contributed by atoms with Crippen LogP contribution in [0.1, 0.15) is 46.0 Å². The SMILES string of the molecule is CC(=O)c1c(C)[nH]c(C(=O)N2CCNC(C)C2)c1C.Cl. The number of carbonyl (C=O) groups is 2. The zero-order valence-corrected chi connectivity index (χ0v) is 13.2. The van der Waals surface area contributed by atoms with E-state index >= 15 is 0 Å². The molecule has 20 heavy (non-hydrogen) atoms. The van der Waals surface area contributed by atoms with E-state index in [9.17, 15) is 9.59 Å². The third kappa shape index (κ3) is 3.04. The Labute approximate surface area is 125 Å². The minimum atomic E-state index is -0.0125. The molecular formula is C14H22ClN3O2. The van der Waals surface area contributed by atoms with Gasteiger partial charge in [0.15, 0.2) is 5.78 Å². The number of amides is 1. The van der Waals surface area contributed by atoms with Crippen LogP contribution in [-0.2, 0) is 0 Å². The Morgan fingerprint density at radius 3 is 2.45 bits per heavy atom. The molecule has 1 aromatic rings. The summed E-state index contributed by atoms with van der Waals surface area (Å²) in [7, 11) is 0. The van der Waals surface area contributed by atoms with Gasteiger partial charge < -0.3 is 15.2 Å². The van der Waals surface area contributed by atoms with Gasteiger partial charge in [0.05, 0.1) is 0 Å². The van der Waals surface area contributed by atoms with Gasteiger partial charge in [-0.2, -0.15) is 0 Å². The predicted molar refractivity (Wildman–Crippen MR) is 80.9 cm³/mol. The Kier molecular flexibility index (Phi) is 5.36. The maximum Gasteiger partial charge on any atom is 0.270 e. The summed E-state index contributed by atoms with van der Waals surface area (Å²) in [6.07, 6.45) is 0. The van der Waals surface area contributed by atoms with E-state index in [1.165, 1.54) is 6.92 Å². The molecule has 1 saturated heterocycles. The van der Waals surface area contributed by atoms with E-state index in [1.54, 1.807) is 0 Å². The lowest BCUT2D eigenvalue weighted by atomic mass is 10.1. The first kappa shape index (κ1) is 16.7. The number of hydrogen-bond acceptors (Lipinski definition) is 3. The van der Waals surface area contributed by atoms with Gasteiger partial charge in [-0.05, 0) is 33.3 Å². The minimum absolute atomic E-state index is 0. The van der Waals surface area contributed by atoms with Crippen molar-refractivity contribution in [2.45, 2.75) is 33.7 Å². The average Bonchev–Trinajstić information content (AvgIpc) is 2.63. The first-order valence-electron chi connectivity index (χ1n) is 6.64. The molecule has 1 unspecified atom stereocenters. The van der Waals surface area contributed by atoms with E-state index in [1.807, 2.05) is 18.7 Å². The molecule has 112 valence electrons. The summed E-state index contributed by atoms with van der Waals surface area (Å²) in [5.74, 6) is -0.0135. The number of piperazine rings is 1. The van der Waals surface area contributed by atoms with Crippen LogP contribution < -0.4 is 5.32 Å². The molecule has 0 bridgehead atoms. The Bertz CT molecular complexity index is 525. The van der Waals surface area contributed by atoms with E-state index in [2.05, 4.69) is 17.2 Å². The van der Waals surface area contributed by atoms with Gasteiger partial charge in [-0.1, -0.05) is 0 Å². The van der Waals surface area contributed by atoms with Crippen molar-refractivity contribution in [2.75, 3.05) is 19.6 Å². The van der Waals surface area contributed by atoms with Gasteiger partial charge in [0.1, 0.15) is 5.69 Å². The number of halogens is 1. The first-order valence-corrected chi connectivity index (χ1v) is 6.64. The van der Waals surface area contributed by atoms with Gasteiger partial charge in [0, 0.05) is 36.9 Å². The summed E-state index contributed by atoms with van der Waals surface area (Å²) in [6, 6.07) is 0.307. The van der Waals surface area contributed by atoms with Crippen LogP contribution in [0.5, 0.6) is 0 Å². The van der Waals surface area contributed by atoms with E-state index < -0.39 is 0 Å². The molecule has 1 aliphatic heterocycles. The number of aryl methyl sites for hydroxylation is 1. The number of ketones is 1. The molecule has 0 saturated carbocycles. The zero-order chi connectivity index (χ0) is 14.2. The molecule has 2 heterocycles. The molecule has 5 nitrogen and oxygen atoms in total. The molecule has 1 aliphatic rings. The van der Waals surface area contributed by atoms with Crippen LogP contribution >= 0.6 is 12.4 Å². The fourth-order valence-electron chi connectivity index (χ4n) is 2.77. The highest BCUT2D eigenvalue weighted by atomic mass is 35.5. The van der Waals surface area contributed by atoms with Gasteiger partial charge in [-0.15, -0.1) is 12.4 Å². The molecule has 0 aromatic carbocycles. The van der Waals surface area contributed by atoms with Crippen LogP contribution in [-0.4, -0.2) is 47.3 Å². The van der Waals surface area contributed by atoms with Crippen molar-refractivity contribution in [2.24, 2.45) is 0 Å². The lowest BCUT2D eigenvalue weighted by Gasteiger charge is -2.31. The van der Waals surface area contributed by atoms with Crippen LogP contribution in [0.2, 0.25) is 0 Å². The Balaban J connectivity index is 0.00000200. The highest BCUT2D eigenvalue weighted by Crippen LogP contribution is 2.20. The van der Waals surface area contributed by atoms with Crippen LogP contribution in [0.25, 0.3) is 0 Å². The number of aromatic amines is 1. The summed E-state index contributed by atoms with van der Waals surface area (Å²) < 4.78 is 0. The van der Waals surface area contributed by atoms with Crippen molar-refractivity contribution < 1.29 is 9.59 Å². The van der Waals surface area contributed by atoms with Crippen LogP contribution in [0.3, 0.4) is 0 Å². The largest absolute Gasteiger partial charge is 0.354 e. The Morgan fingerprint density at radius 1 is 1.30 bits per heavy atom. The van der Waals surface area contributed by atoms with Crippen LogP contribution in [0.4, 0.5) is 0 Å². The van der Waals surface area contributed by atoms with Gasteiger partial charge in [0.25, 0.3) is 5.91 Å². The quantitative estimate of drug-likeness (QED) is 0.817. The van der Waals surface area contributed by atoms with Gasteiger partial charge >= 0.3 is 0 Å². The fraction of sp³-hybridized carbons (Fsp3) is 0.571. The lowest BCUT2D eigenvalue weighted by Crippen LogP contribution is -2.51. The zero-order valence-electron chi connectivity index (χ0n) is 12.4. The van der Waals surface area contributed by atoms with Gasteiger partial charge in [-0.25, -0.2) is 0 Å².